The second-order valence-corrected chi connectivity index (χ2v) is 5.44. The fourth-order valence-electron chi connectivity index (χ4n) is 2.88. The summed E-state index contributed by atoms with van der Waals surface area (Å²) in [6.07, 6.45) is 4.42. The van der Waals surface area contributed by atoms with Crippen LogP contribution in [0.1, 0.15) is 29.6 Å². The number of nitrogens with two attached hydrogens (primary N) is 1. The van der Waals surface area contributed by atoms with E-state index in [2.05, 4.69) is 10.3 Å². The number of carbonyl (C=O) groups is 1. The molecule has 1 unspecified atom stereocenters. The van der Waals surface area contributed by atoms with Crippen molar-refractivity contribution in [3.63, 3.8) is 0 Å². The molecule has 1 atom stereocenters. The summed E-state index contributed by atoms with van der Waals surface area (Å²) in [5.74, 6) is 0.0245. The summed E-state index contributed by atoms with van der Waals surface area (Å²) >= 11 is 0. The molecule has 0 saturated carbocycles. The molecule has 0 bridgehead atoms. The molecule has 108 valence electrons. The van der Waals surface area contributed by atoms with Gasteiger partial charge in [0.2, 0.25) is 11.8 Å². The molecule has 6 nitrogen and oxygen atoms in total. The molecular weight excluding hydrogens is 258 g/mol. The van der Waals surface area contributed by atoms with Crippen LogP contribution in [0.2, 0.25) is 0 Å². The molecule has 3 heterocycles. The van der Waals surface area contributed by atoms with Gasteiger partial charge in [0, 0.05) is 18.7 Å². The lowest BCUT2D eigenvalue weighted by Crippen LogP contribution is -2.41. The van der Waals surface area contributed by atoms with Gasteiger partial charge in [-0.2, -0.15) is 0 Å². The van der Waals surface area contributed by atoms with E-state index in [1.165, 1.54) is 6.20 Å². The van der Waals surface area contributed by atoms with Crippen LogP contribution >= 0.6 is 0 Å². The Hall–Kier alpha value is -1.66. The van der Waals surface area contributed by atoms with E-state index in [0.717, 1.165) is 32.4 Å². The van der Waals surface area contributed by atoms with E-state index in [1.807, 2.05) is 0 Å². The number of hydrogen-bond donors (Lipinski definition) is 2. The number of rotatable bonds is 3. The van der Waals surface area contributed by atoms with Gasteiger partial charge in [0.15, 0.2) is 0 Å². The third-order valence-electron chi connectivity index (χ3n) is 4.00. The molecule has 1 aromatic rings. The van der Waals surface area contributed by atoms with E-state index in [1.54, 1.807) is 12.1 Å². The standard InChI is InChI=1S/C14H19N3O3/c15-13(18)10-1-2-12(17-8-10)20-11-7-14(19-9-11)3-5-16-6-4-14/h1-2,8,11,16H,3-7,9H2,(H2,15,18). The molecule has 1 aromatic heterocycles. The average Bonchev–Trinajstić information content (AvgIpc) is 2.83. The van der Waals surface area contributed by atoms with Crippen LogP contribution in [0.3, 0.4) is 0 Å². The van der Waals surface area contributed by atoms with Crippen molar-refractivity contribution in [1.29, 1.82) is 0 Å². The molecule has 3 N–H and O–H groups in total. The van der Waals surface area contributed by atoms with Crippen LogP contribution in [-0.4, -0.2) is 42.3 Å². The van der Waals surface area contributed by atoms with Crippen molar-refractivity contribution in [2.24, 2.45) is 5.73 Å². The second-order valence-electron chi connectivity index (χ2n) is 5.44. The van der Waals surface area contributed by atoms with E-state index in [9.17, 15) is 4.79 Å². The zero-order valence-electron chi connectivity index (χ0n) is 11.3. The number of amides is 1. The van der Waals surface area contributed by atoms with E-state index in [-0.39, 0.29) is 11.7 Å². The van der Waals surface area contributed by atoms with Gasteiger partial charge in [-0.3, -0.25) is 4.79 Å². The van der Waals surface area contributed by atoms with Gasteiger partial charge in [-0.1, -0.05) is 0 Å². The highest BCUT2D eigenvalue weighted by Crippen LogP contribution is 2.35. The summed E-state index contributed by atoms with van der Waals surface area (Å²) in [5.41, 5.74) is 5.53. The van der Waals surface area contributed by atoms with E-state index in [0.29, 0.717) is 18.1 Å². The Morgan fingerprint density at radius 3 is 2.90 bits per heavy atom. The molecule has 6 heteroatoms. The van der Waals surface area contributed by atoms with Gasteiger partial charge in [-0.15, -0.1) is 0 Å². The molecule has 1 amide bonds. The number of ether oxygens (including phenoxy) is 2. The van der Waals surface area contributed by atoms with E-state index in [4.69, 9.17) is 15.2 Å². The highest BCUT2D eigenvalue weighted by atomic mass is 16.6. The fourth-order valence-corrected chi connectivity index (χ4v) is 2.88. The lowest BCUT2D eigenvalue weighted by Gasteiger charge is -2.32. The summed E-state index contributed by atoms with van der Waals surface area (Å²) in [6, 6.07) is 3.30. The van der Waals surface area contributed by atoms with E-state index >= 15 is 0 Å². The van der Waals surface area contributed by atoms with Crippen molar-refractivity contribution >= 4 is 5.91 Å². The molecule has 2 saturated heterocycles. The van der Waals surface area contributed by atoms with Crippen LogP contribution in [0.15, 0.2) is 18.3 Å². The minimum absolute atomic E-state index is 0.0247. The predicted octanol–water partition coefficient (Wildman–Crippen LogP) is 0.470. The summed E-state index contributed by atoms with van der Waals surface area (Å²) < 4.78 is 11.8. The third kappa shape index (κ3) is 2.76. The van der Waals surface area contributed by atoms with Crippen molar-refractivity contribution < 1.29 is 14.3 Å². The third-order valence-corrected chi connectivity index (χ3v) is 4.00. The molecule has 2 aliphatic rings. The number of pyridine rings is 1. The first-order chi connectivity index (χ1) is 9.67. The Bertz CT molecular complexity index is 483. The van der Waals surface area contributed by atoms with Gasteiger partial charge in [-0.25, -0.2) is 4.98 Å². The SMILES string of the molecule is NC(=O)c1ccc(OC2COC3(CCNCC3)C2)nc1. The van der Waals surface area contributed by atoms with Crippen LogP contribution < -0.4 is 15.8 Å². The number of carbonyl (C=O) groups excluding carboxylic acids is 1. The van der Waals surface area contributed by atoms with Crippen molar-refractivity contribution in [3.8, 4) is 5.88 Å². The molecule has 20 heavy (non-hydrogen) atoms. The Morgan fingerprint density at radius 2 is 2.25 bits per heavy atom. The normalized spacial score (nSPS) is 24.7. The first-order valence-electron chi connectivity index (χ1n) is 6.94. The number of nitrogens with one attached hydrogen (secondary N) is 1. The zero-order chi connectivity index (χ0) is 14.0. The number of nitrogens with zero attached hydrogens (tertiary/aromatic N) is 1. The van der Waals surface area contributed by atoms with Crippen LogP contribution in [0.25, 0.3) is 0 Å². The summed E-state index contributed by atoms with van der Waals surface area (Å²) in [7, 11) is 0. The number of hydrogen-bond acceptors (Lipinski definition) is 5. The smallest absolute Gasteiger partial charge is 0.250 e. The molecule has 0 aliphatic carbocycles. The Kier molecular flexibility index (Phi) is 3.58. The van der Waals surface area contributed by atoms with Crippen molar-refractivity contribution in [2.45, 2.75) is 31.0 Å². The molecule has 2 fully saturated rings. The molecule has 0 radical (unpaired) electrons. The molecular formula is C14H19N3O3. The quantitative estimate of drug-likeness (QED) is 0.838. The van der Waals surface area contributed by atoms with E-state index < -0.39 is 5.91 Å². The van der Waals surface area contributed by atoms with Gasteiger partial charge in [0.1, 0.15) is 6.10 Å². The van der Waals surface area contributed by atoms with Gasteiger partial charge in [-0.05, 0) is 32.0 Å². The lowest BCUT2D eigenvalue weighted by molar-refractivity contribution is -0.0205. The van der Waals surface area contributed by atoms with Crippen molar-refractivity contribution in [3.05, 3.63) is 23.9 Å². The van der Waals surface area contributed by atoms with Crippen LogP contribution in [0.5, 0.6) is 5.88 Å². The largest absolute Gasteiger partial charge is 0.472 e. The number of piperidine rings is 1. The van der Waals surface area contributed by atoms with Crippen LogP contribution in [0.4, 0.5) is 0 Å². The average molecular weight is 277 g/mol. The Labute approximate surface area is 117 Å². The fraction of sp³-hybridized carbons (Fsp3) is 0.571. The highest BCUT2D eigenvalue weighted by Gasteiger charge is 2.42. The Morgan fingerprint density at radius 1 is 1.45 bits per heavy atom. The number of aromatic nitrogens is 1. The minimum Gasteiger partial charge on any atom is -0.472 e. The summed E-state index contributed by atoms with van der Waals surface area (Å²) in [4.78, 5) is 15.1. The van der Waals surface area contributed by atoms with Gasteiger partial charge < -0.3 is 20.5 Å². The monoisotopic (exact) mass is 277 g/mol. The molecule has 1 spiro atoms. The summed E-state index contributed by atoms with van der Waals surface area (Å²) in [5, 5.41) is 3.34. The van der Waals surface area contributed by atoms with Crippen LogP contribution in [-0.2, 0) is 4.74 Å². The van der Waals surface area contributed by atoms with Gasteiger partial charge >= 0.3 is 0 Å². The topological polar surface area (TPSA) is 86.5 Å². The second kappa shape index (κ2) is 5.38. The highest BCUT2D eigenvalue weighted by molar-refractivity contribution is 5.92. The number of primary amides is 1. The molecule has 2 aliphatic heterocycles. The predicted molar refractivity (Wildman–Crippen MR) is 72.6 cm³/mol. The van der Waals surface area contributed by atoms with Crippen LogP contribution in [0, 0.1) is 0 Å². The first-order valence-corrected chi connectivity index (χ1v) is 6.94. The van der Waals surface area contributed by atoms with Gasteiger partial charge in [0.05, 0.1) is 17.8 Å². The van der Waals surface area contributed by atoms with Crippen molar-refractivity contribution in [2.75, 3.05) is 19.7 Å². The van der Waals surface area contributed by atoms with Gasteiger partial charge in [0.25, 0.3) is 0 Å². The summed E-state index contributed by atoms with van der Waals surface area (Å²) in [6.45, 7) is 2.59. The first kappa shape index (κ1) is 13.3. The maximum Gasteiger partial charge on any atom is 0.250 e. The lowest BCUT2D eigenvalue weighted by atomic mass is 9.89. The zero-order valence-corrected chi connectivity index (χ0v) is 11.3. The maximum absolute atomic E-state index is 11.0. The van der Waals surface area contributed by atoms with Crippen molar-refractivity contribution in [1.82, 2.24) is 10.3 Å². The minimum atomic E-state index is -0.484. The molecule has 3 rings (SSSR count). The maximum atomic E-state index is 11.0. The molecule has 0 aromatic carbocycles. The Balaban J connectivity index is 1.60.